The summed E-state index contributed by atoms with van der Waals surface area (Å²) in [7, 11) is -3.83. The van der Waals surface area contributed by atoms with Crippen molar-refractivity contribution in [2.75, 3.05) is 26.2 Å². The van der Waals surface area contributed by atoms with Crippen molar-refractivity contribution >= 4 is 33.7 Å². The molecule has 0 unspecified atom stereocenters. The van der Waals surface area contributed by atoms with E-state index in [9.17, 15) is 36.3 Å². The van der Waals surface area contributed by atoms with Crippen LogP contribution in [0.15, 0.2) is 71.1 Å². The molecule has 0 saturated carbocycles. The van der Waals surface area contributed by atoms with Crippen LogP contribution in [0.25, 0.3) is 6.08 Å². The van der Waals surface area contributed by atoms with Crippen molar-refractivity contribution in [3.63, 3.8) is 0 Å². The predicted molar refractivity (Wildman–Crippen MR) is 190 cm³/mol. The van der Waals surface area contributed by atoms with E-state index in [2.05, 4.69) is 5.32 Å². The van der Waals surface area contributed by atoms with Crippen LogP contribution >= 0.6 is 0 Å². The van der Waals surface area contributed by atoms with E-state index in [1.165, 1.54) is 16.4 Å². The number of hydrogen-bond acceptors (Lipinski definition) is 7. The molecule has 0 bridgehead atoms. The number of aliphatic hydroxyl groups is 1. The van der Waals surface area contributed by atoms with E-state index in [1.54, 1.807) is 54.3 Å². The number of halogens is 3. The van der Waals surface area contributed by atoms with Gasteiger partial charge in [-0.1, -0.05) is 30.3 Å². The first-order chi connectivity index (χ1) is 24.4. The fourth-order valence-electron chi connectivity index (χ4n) is 6.77. The number of nitrogens with zero attached hydrogens (tertiary/aromatic N) is 3. The van der Waals surface area contributed by atoms with E-state index in [1.807, 2.05) is 13.8 Å². The van der Waals surface area contributed by atoms with Crippen LogP contribution in [0.2, 0.25) is 0 Å². The molecule has 1 spiro atoms. The van der Waals surface area contributed by atoms with Crippen LogP contribution < -0.4 is 10.1 Å². The van der Waals surface area contributed by atoms with Gasteiger partial charge in [-0.05, 0) is 105 Å². The number of alkyl halides is 3. The molecule has 10 nitrogen and oxygen atoms in total. The Labute approximate surface area is 301 Å². The van der Waals surface area contributed by atoms with Crippen molar-refractivity contribution in [3.05, 3.63) is 105 Å². The van der Waals surface area contributed by atoms with Gasteiger partial charge >= 0.3 is 6.18 Å². The fourth-order valence-corrected chi connectivity index (χ4v) is 7.94. The third kappa shape index (κ3) is 8.08. The molecule has 3 aromatic carbocycles. The first-order valence-corrected chi connectivity index (χ1v) is 18.6. The van der Waals surface area contributed by atoms with Gasteiger partial charge in [0, 0.05) is 42.7 Å². The highest BCUT2D eigenvalue weighted by molar-refractivity contribution is 7.92. The monoisotopic (exact) mass is 738 g/mol. The zero-order valence-corrected chi connectivity index (χ0v) is 30.0. The van der Waals surface area contributed by atoms with Gasteiger partial charge in [0.15, 0.2) is 0 Å². The summed E-state index contributed by atoms with van der Waals surface area (Å²) in [6.07, 6.45) is -1.52. The molecule has 6 rings (SSSR count). The Hall–Kier alpha value is -4.53. The molecule has 3 aromatic rings. The van der Waals surface area contributed by atoms with E-state index in [0.29, 0.717) is 54.0 Å². The van der Waals surface area contributed by atoms with Crippen LogP contribution in [0.3, 0.4) is 0 Å². The lowest BCUT2D eigenvalue weighted by molar-refractivity contribution is -0.137. The van der Waals surface area contributed by atoms with Gasteiger partial charge in [-0.25, -0.2) is 8.42 Å². The van der Waals surface area contributed by atoms with Gasteiger partial charge in [0.2, 0.25) is 10.0 Å². The fraction of sp³-hybridized carbons (Fsp3) is 0.395. The number of rotatable bonds is 8. The SMILES string of the molecule is Cc1cc(C(=O)N2CCC(C)(O)CC2)cc(C)c1C=CS(=O)(=O)N1CCC2(CC1)N=C(c1ccc(COc3cccc(C(F)(F)F)c3)cc1)NC2=O. The number of likely N-dealkylation sites (tertiary alicyclic amines) is 1. The van der Waals surface area contributed by atoms with E-state index < -0.39 is 32.9 Å². The second kappa shape index (κ2) is 14.1. The Kier molecular flexibility index (Phi) is 10.1. The third-order valence-corrected chi connectivity index (χ3v) is 11.6. The molecule has 14 heteroatoms. The predicted octanol–water partition coefficient (Wildman–Crippen LogP) is 5.60. The van der Waals surface area contributed by atoms with Crippen LogP contribution in [0.5, 0.6) is 5.75 Å². The minimum atomic E-state index is -4.47. The number of hydrogen-bond donors (Lipinski definition) is 2. The number of nitrogens with one attached hydrogen (secondary N) is 1. The Morgan fingerprint density at radius 2 is 1.62 bits per heavy atom. The molecule has 276 valence electrons. The second-order valence-electron chi connectivity index (χ2n) is 14.0. The number of aliphatic imine (C=N–C) groups is 1. The molecule has 0 aliphatic carbocycles. The molecule has 0 atom stereocenters. The van der Waals surface area contributed by atoms with Crippen LogP contribution in [0.4, 0.5) is 13.2 Å². The Morgan fingerprint density at radius 3 is 2.23 bits per heavy atom. The zero-order valence-electron chi connectivity index (χ0n) is 29.2. The quantitative estimate of drug-likeness (QED) is 0.310. The number of benzene rings is 3. The number of carbonyl (C=O) groups is 2. The number of carbonyl (C=O) groups excluding carboxylic acids is 2. The molecule has 3 aliphatic heterocycles. The highest BCUT2D eigenvalue weighted by atomic mass is 32.2. The van der Waals surface area contributed by atoms with Crippen LogP contribution in [-0.4, -0.2) is 77.7 Å². The first-order valence-electron chi connectivity index (χ1n) is 17.1. The summed E-state index contributed by atoms with van der Waals surface area (Å²) in [5, 5.41) is 14.2. The Balaban J connectivity index is 1.06. The van der Waals surface area contributed by atoms with Gasteiger partial charge in [0.25, 0.3) is 11.8 Å². The molecule has 3 aliphatic rings. The first kappa shape index (κ1) is 37.2. The van der Waals surface area contributed by atoms with E-state index in [0.717, 1.165) is 28.7 Å². The van der Waals surface area contributed by atoms with Gasteiger partial charge in [-0.2, -0.15) is 17.5 Å². The minimum absolute atomic E-state index is 0.0394. The molecule has 2 saturated heterocycles. The van der Waals surface area contributed by atoms with E-state index in [4.69, 9.17) is 9.73 Å². The maximum atomic E-state index is 13.4. The smallest absolute Gasteiger partial charge is 0.416 e. The number of amidine groups is 1. The third-order valence-electron chi connectivity index (χ3n) is 10.1. The van der Waals surface area contributed by atoms with Crippen molar-refractivity contribution in [2.45, 2.75) is 70.4 Å². The normalized spacial score (nSPS) is 19.2. The summed E-state index contributed by atoms with van der Waals surface area (Å²) < 4.78 is 72.7. The van der Waals surface area contributed by atoms with Gasteiger partial charge in [0.05, 0.1) is 11.2 Å². The van der Waals surface area contributed by atoms with E-state index in [-0.39, 0.29) is 50.1 Å². The summed E-state index contributed by atoms with van der Waals surface area (Å²) in [6, 6.07) is 15.1. The topological polar surface area (TPSA) is 129 Å². The average molecular weight is 739 g/mol. The second-order valence-corrected chi connectivity index (χ2v) is 15.8. The summed E-state index contributed by atoms with van der Waals surface area (Å²) >= 11 is 0. The van der Waals surface area contributed by atoms with Crippen molar-refractivity contribution in [2.24, 2.45) is 4.99 Å². The van der Waals surface area contributed by atoms with Gasteiger partial charge in [0.1, 0.15) is 23.7 Å². The highest BCUT2D eigenvalue weighted by Gasteiger charge is 2.47. The largest absolute Gasteiger partial charge is 0.489 e. The molecule has 3 heterocycles. The number of sulfonamides is 1. The average Bonchev–Trinajstić information content (AvgIpc) is 3.41. The number of piperidine rings is 2. The van der Waals surface area contributed by atoms with Crippen LogP contribution in [0.1, 0.15) is 76.3 Å². The molecule has 2 N–H and O–H groups in total. The van der Waals surface area contributed by atoms with Crippen LogP contribution in [-0.2, 0) is 27.6 Å². The molecular weight excluding hydrogens is 698 g/mol. The summed E-state index contributed by atoms with van der Waals surface area (Å²) in [6.45, 7) is 6.60. The van der Waals surface area contributed by atoms with E-state index >= 15 is 0 Å². The van der Waals surface area contributed by atoms with Crippen molar-refractivity contribution in [3.8, 4) is 5.75 Å². The summed E-state index contributed by atoms with van der Waals surface area (Å²) in [5.41, 5.74) is 1.42. The number of ether oxygens (including phenoxy) is 1. The van der Waals surface area contributed by atoms with Gasteiger partial charge in [-0.15, -0.1) is 0 Å². The van der Waals surface area contributed by atoms with Gasteiger partial charge < -0.3 is 20.1 Å². The Morgan fingerprint density at radius 1 is 0.981 bits per heavy atom. The summed E-state index contributed by atoms with van der Waals surface area (Å²) in [5.74, 6) is 0.0395. The summed E-state index contributed by atoms with van der Waals surface area (Å²) in [4.78, 5) is 32.8. The maximum absolute atomic E-state index is 13.4. The molecule has 2 amide bonds. The van der Waals surface area contributed by atoms with Gasteiger partial charge in [-0.3, -0.25) is 14.6 Å². The number of amides is 2. The van der Waals surface area contributed by atoms with Crippen molar-refractivity contribution < 1.29 is 41.0 Å². The lowest BCUT2D eigenvalue weighted by atomic mass is 9.89. The lowest BCUT2D eigenvalue weighted by Crippen LogP contribution is -2.50. The highest BCUT2D eigenvalue weighted by Crippen LogP contribution is 2.34. The molecule has 0 aromatic heterocycles. The zero-order chi connectivity index (χ0) is 37.5. The molecule has 0 radical (unpaired) electrons. The molecular formula is C38H41F3N4O6S. The standard InChI is InChI=1S/C38H41F3N4O6S/c1-25-21-29(34(46)44-16-12-36(3,48)13-17-44)22-26(2)32(25)11-20-52(49,50)45-18-14-37(15-19-45)35(47)42-33(43-37)28-9-7-27(8-10-28)24-51-31-6-4-5-30(23-31)38(39,40)41/h4-11,20-23,48H,12-19,24H2,1-3H3,(H,42,43,47). The van der Waals surface area contributed by atoms with Crippen LogP contribution in [0, 0.1) is 13.8 Å². The maximum Gasteiger partial charge on any atom is 0.416 e. The Bertz CT molecular complexity index is 2000. The van der Waals surface area contributed by atoms with Crippen molar-refractivity contribution in [1.29, 1.82) is 0 Å². The van der Waals surface area contributed by atoms with Crippen molar-refractivity contribution in [1.82, 2.24) is 14.5 Å². The molecule has 2 fully saturated rings. The minimum Gasteiger partial charge on any atom is -0.489 e. The molecule has 52 heavy (non-hydrogen) atoms. The lowest BCUT2D eigenvalue weighted by Gasteiger charge is -2.36. The number of aryl methyl sites for hydroxylation is 2.